The minimum absolute atomic E-state index is 0.393. The second-order valence-corrected chi connectivity index (χ2v) is 4.02. The van der Waals surface area contributed by atoms with E-state index < -0.39 is 38.6 Å². The van der Waals surface area contributed by atoms with Crippen LogP contribution in [0.25, 0.3) is 0 Å². The Hall–Kier alpha value is -1.35. The number of aromatic hydroxyl groups is 1. The second-order valence-electron chi connectivity index (χ2n) is 2.52. The van der Waals surface area contributed by atoms with Gasteiger partial charge in [0.15, 0.2) is 16.5 Å². The van der Waals surface area contributed by atoms with Crippen LogP contribution in [-0.2, 0) is 10.0 Å². The van der Waals surface area contributed by atoms with Gasteiger partial charge in [0.1, 0.15) is 5.69 Å². The van der Waals surface area contributed by atoms with E-state index in [4.69, 9.17) is 5.11 Å². The van der Waals surface area contributed by atoms with Crippen molar-refractivity contribution in [2.45, 2.75) is 11.3 Å². The molecular weight excluding hydrogens is 237 g/mol. The summed E-state index contributed by atoms with van der Waals surface area (Å²) in [5.74, 6) is -2.95. The van der Waals surface area contributed by atoms with Gasteiger partial charge in [-0.1, -0.05) is 0 Å². The molecule has 0 aliphatic carbocycles. The Morgan fingerprint density at radius 1 is 1.47 bits per heavy atom. The van der Waals surface area contributed by atoms with Gasteiger partial charge < -0.3 is 5.11 Å². The third-order valence-electron chi connectivity index (χ3n) is 1.47. The van der Waals surface area contributed by atoms with Crippen molar-refractivity contribution in [3.63, 3.8) is 0 Å². The molecular formula is C6H5F3N2O3S. The van der Waals surface area contributed by atoms with Crippen molar-refractivity contribution in [2.24, 2.45) is 5.14 Å². The number of hydrogen-bond acceptors (Lipinski definition) is 4. The fourth-order valence-electron chi connectivity index (χ4n) is 0.898. The van der Waals surface area contributed by atoms with Gasteiger partial charge in [0.25, 0.3) is 6.43 Å². The molecule has 0 unspecified atom stereocenters. The Morgan fingerprint density at radius 2 is 2.00 bits per heavy atom. The van der Waals surface area contributed by atoms with Gasteiger partial charge in [-0.3, -0.25) is 0 Å². The maximum atomic E-state index is 13.1. The molecule has 15 heavy (non-hydrogen) atoms. The first-order chi connectivity index (χ1) is 6.75. The minimum Gasteiger partial charge on any atom is -0.505 e. The smallest absolute Gasteiger partial charge is 0.283 e. The molecule has 0 aliphatic rings. The number of pyridine rings is 1. The highest BCUT2D eigenvalue weighted by Crippen LogP contribution is 2.29. The van der Waals surface area contributed by atoms with Gasteiger partial charge in [0.2, 0.25) is 10.0 Å². The van der Waals surface area contributed by atoms with Crippen LogP contribution in [0.1, 0.15) is 12.1 Å². The second kappa shape index (κ2) is 3.66. The zero-order valence-corrected chi connectivity index (χ0v) is 7.80. The maximum Gasteiger partial charge on any atom is 0.283 e. The number of nitrogens with zero attached hydrogens (tertiary/aromatic N) is 1. The number of primary sulfonamides is 1. The van der Waals surface area contributed by atoms with Crippen LogP contribution >= 0.6 is 0 Å². The molecule has 3 N–H and O–H groups in total. The summed E-state index contributed by atoms with van der Waals surface area (Å²) in [7, 11) is -4.62. The van der Waals surface area contributed by atoms with Crippen molar-refractivity contribution in [2.75, 3.05) is 0 Å². The Balaban J connectivity index is 3.59. The van der Waals surface area contributed by atoms with Crippen LogP contribution in [0, 0.1) is 5.82 Å². The molecule has 0 aliphatic heterocycles. The Kier molecular flexibility index (Phi) is 2.86. The van der Waals surface area contributed by atoms with Gasteiger partial charge in [-0.2, -0.15) is 0 Å². The van der Waals surface area contributed by atoms with Crippen LogP contribution in [0.2, 0.25) is 0 Å². The van der Waals surface area contributed by atoms with Crippen molar-refractivity contribution >= 4 is 10.0 Å². The maximum absolute atomic E-state index is 13.1. The largest absolute Gasteiger partial charge is 0.505 e. The molecule has 1 aromatic heterocycles. The summed E-state index contributed by atoms with van der Waals surface area (Å²) >= 11 is 0. The van der Waals surface area contributed by atoms with E-state index in [0.717, 1.165) is 0 Å². The van der Waals surface area contributed by atoms with Crippen molar-refractivity contribution in [1.82, 2.24) is 4.98 Å². The van der Waals surface area contributed by atoms with Gasteiger partial charge in [0.05, 0.1) is 6.20 Å². The molecule has 0 fully saturated rings. The molecule has 0 atom stereocenters. The van der Waals surface area contributed by atoms with Crippen molar-refractivity contribution in [3.05, 3.63) is 17.7 Å². The molecule has 5 nitrogen and oxygen atoms in total. The Morgan fingerprint density at radius 3 is 2.40 bits per heavy atom. The number of alkyl halides is 2. The molecule has 1 heterocycles. The van der Waals surface area contributed by atoms with Crippen molar-refractivity contribution in [1.29, 1.82) is 0 Å². The van der Waals surface area contributed by atoms with Gasteiger partial charge in [-0.15, -0.1) is 0 Å². The van der Waals surface area contributed by atoms with Crippen LogP contribution in [0.4, 0.5) is 13.2 Å². The van der Waals surface area contributed by atoms with E-state index in [0.29, 0.717) is 6.20 Å². The molecule has 0 amide bonds. The van der Waals surface area contributed by atoms with Crippen LogP contribution in [0.15, 0.2) is 11.1 Å². The quantitative estimate of drug-likeness (QED) is 0.790. The Bertz CT molecular complexity index is 489. The predicted octanol–water partition coefficient (Wildman–Crippen LogP) is 0.511. The van der Waals surface area contributed by atoms with Crippen LogP contribution in [0.3, 0.4) is 0 Å². The molecule has 0 bridgehead atoms. The predicted molar refractivity (Wildman–Crippen MR) is 42.2 cm³/mol. The zero-order chi connectivity index (χ0) is 11.8. The van der Waals surface area contributed by atoms with E-state index in [1.807, 2.05) is 0 Å². The van der Waals surface area contributed by atoms with Gasteiger partial charge in [-0.25, -0.2) is 31.7 Å². The molecule has 0 radical (unpaired) electrons. The third kappa shape index (κ3) is 2.18. The number of aromatic nitrogens is 1. The van der Waals surface area contributed by atoms with Gasteiger partial charge >= 0.3 is 0 Å². The zero-order valence-electron chi connectivity index (χ0n) is 6.99. The average molecular weight is 242 g/mol. The lowest BCUT2D eigenvalue weighted by Crippen LogP contribution is -2.16. The summed E-state index contributed by atoms with van der Waals surface area (Å²) in [5, 5.41) is 13.5. The lowest BCUT2D eigenvalue weighted by Gasteiger charge is -2.06. The van der Waals surface area contributed by atoms with Crippen LogP contribution in [-0.4, -0.2) is 18.5 Å². The van der Waals surface area contributed by atoms with E-state index in [1.54, 1.807) is 0 Å². The molecule has 0 saturated heterocycles. The van der Waals surface area contributed by atoms with E-state index in [1.165, 1.54) is 0 Å². The monoisotopic (exact) mass is 242 g/mol. The summed E-state index contributed by atoms with van der Waals surface area (Å²) in [4.78, 5) is 1.47. The third-order valence-corrected chi connectivity index (χ3v) is 2.43. The first-order valence-corrected chi connectivity index (χ1v) is 4.98. The number of rotatable bonds is 2. The molecule has 84 valence electrons. The van der Waals surface area contributed by atoms with Gasteiger partial charge in [-0.05, 0) is 0 Å². The summed E-state index contributed by atoms with van der Waals surface area (Å²) in [5.41, 5.74) is -1.38. The number of nitrogens with two attached hydrogens (primary N) is 1. The topological polar surface area (TPSA) is 93.3 Å². The van der Waals surface area contributed by atoms with Crippen molar-refractivity contribution < 1.29 is 26.7 Å². The molecule has 1 aromatic rings. The highest BCUT2D eigenvalue weighted by atomic mass is 32.2. The average Bonchev–Trinajstić information content (AvgIpc) is 2.00. The van der Waals surface area contributed by atoms with Gasteiger partial charge in [0, 0.05) is 0 Å². The lowest BCUT2D eigenvalue weighted by molar-refractivity contribution is 0.139. The van der Waals surface area contributed by atoms with E-state index in [9.17, 15) is 21.6 Å². The SMILES string of the molecule is NS(=O)(=O)c1c(O)cnc(C(F)F)c1F. The Labute approximate surface area is 82.4 Å². The highest BCUT2D eigenvalue weighted by Gasteiger charge is 2.27. The molecule has 0 spiro atoms. The van der Waals surface area contributed by atoms with E-state index >= 15 is 0 Å². The van der Waals surface area contributed by atoms with Crippen molar-refractivity contribution in [3.8, 4) is 5.75 Å². The summed E-state index contributed by atoms with van der Waals surface area (Å²) < 4.78 is 58.8. The molecule has 0 saturated carbocycles. The highest BCUT2D eigenvalue weighted by molar-refractivity contribution is 7.89. The minimum atomic E-state index is -4.62. The number of halogens is 3. The number of sulfonamides is 1. The molecule has 1 rings (SSSR count). The van der Waals surface area contributed by atoms with E-state index in [-0.39, 0.29) is 0 Å². The van der Waals surface area contributed by atoms with E-state index in [2.05, 4.69) is 10.1 Å². The van der Waals surface area contributed by atoms with Crippen LogP contribution < -0.4 is 5.14 Å². The standard InChI is InChI=1S/C6H5F3N2O3S/c7-3-4(6(8)9)11-1-2(12)5(3)15(10,13)14/h1,6,12H,(H2,10,13,14). The first kappa shape index (κ1) is 11.7. The summed E-state index contributed by atoms with van der Waals surface area (Å²) in [6.07, 6.45) is -2.91. The number of hydrogen-bond donors (Lipinski definition) is 2. The summed E-state index contributed by atoms with van der Waals surface area (Å²) in [6, 6.07) is 0. The molecule has 0 aromatic carbocycles. The summed E-state index contributed by atoms with van der Waals surface area (Å²) in [6.45, 7) is 0. The molecule has 9 heteroatoms. The fourth-order valence-corrected chi connectivity index (χ4v) is 1.60. The fraction of sp³-hybridized carbons (Fsp3) is 0.167. The lowest BCUT2D eigenvalue weighted by atomic mass is 10.3. The first-order valence-electron chi connectivity index (χ1n) is 3.43. The van der Waals surface area contributed by atoms with Crippen LogP contribution in [0.5, 0.6) is 5.75 Å². The normalized spacial score (nSPS) is 12.1.